The molecule has 1 atom stereocenters. The van der Waals surface area contributed by atoms with Crippen molar-refractivity contribution < 1.29 is 14.6 Å². The van der Waals surface area contributed by atoms with Gasteiger partial charge < -0.3 is 14.6 Å². The first kappa shape index (κ1) is 11.6. The van der Waals surface area contributed by atoms with Crippen LogP contribution in [-0.4, -0.2) is 30.2 Å². The Bertz CT molecular complexity index is 350. The topological polar surface area (TPSA) is 38.7 Å². The van der Waals surface area contributed by atoms with Crippen molar-refractivity contribution in [3.8, 4) is 11.5 Å². The maximum Gasteiger partial charge on any atom is 0.162 e. The van der Waals surface area contributed by atoms with Crippen molar-refractivity contribution in [2.45, 2.75) is 23.5 Å². The maximum atomic E-state index is 9.15. The summed E-state index contributed by atoms with van der Waals surface area (Å²) in [5.74, 6) is 1.62. The fourth-order valence-electron chi connectivity index (χ4n) is 1.54. The third kappa shape index (κ3) is 2.62. The third-order valence-electron chi connectivity index (χ3n) is 2.48. The lowest BCUT2D eigenvalue weighted by Gasteiger charge is -2.19. The second kappa shape index (κ2) is 5.46. The van der Waals surface area contributed by atoms with Gasteiger partial charge in [0.1, 0.15) is 13.2 Å². The molecule has 1 aromatic carbocycles. The lowest BCUT2D eigenvalue weighted by Crippen LogP contribution is -2.15. The summed E-state index contributed by atoms with van der Waals surface area (Å²) >= 11 is 1.68. The number of thioether (sulfide) groups is 1. The highest BCUT2D eigenvalue weighted by atomic mass is 32.2. The SMILES string of the molecule is CCC(CO)Sc1ccc2c(c1)OCCO2. The van der Waals surface area contributed by atoms with E-state index < -0.39 is 0 Å². The molecular formula is C12H16O3S. The zero-order valence-electron chi connectivity index (χ0n) is 9.31. The molecule has 1 unspecified atom stereocenters. The molecule has 88 valence electrons. The van der Waals surface area contributed by atoms with Gasteiger partial charge in [0, 0.05) is 10.1 Å². The lowest BCUT2D eigenvalue weighted by atomic mass is 10.3. The quantitative estimate of drug-likeness (QED) is 0.820. The van der Waals surface area contributed by atoms with E-state index in [0.29, 0.717) is 13.2 Å². The molecule has 0 bridgehead atoms. The number of aliphatic hydroxyl groups excluding tert-OH is 1. The number of hydrogen-bond donors (Lipinski definition) is 1. The Morgan fingerprint density at radius 1 is 1.31 bits per heavy atom. The van der Waals surface area contributed by atoms with Gasteiger partial charge in [0.05, 0.1) is 6.61 Å². The minimum absolute atomic E-state index is 0.204. The Morgan fingerprint density at radius 2 is 2.06 bits per heavy atom. The highest BCUT2D eigenvalue weighted by molar-refractivity contribution is 8.00. The van der Waals surface area contributed by atoms with E-state index in [0.717, 1.165) is 22.8 Å². The smallest absolute Gasteiger partial charge is 0.162 e. The Balaban J connectivity index is 2.10. The summed E-state index contributed by atoms with van der Waals surface area (Å²) in [6.07, 6.45) is 0.954. The van der Waals surface area contributed by atoms with E-state index in [-0.39, 0.29) is 11.9 Å². The predicted molar refractivity (Wildman–Crippen MR) is 64.5 cm³/mol. The molecule has 1 aliphatic heterocycles. The fourth-order valence-corrected chi connectivity index (χ4v) is 2.49. The Morgan fingerprint density at radius 3 is 2.75 bits per heavy atom. The van der Waals surface area contributed by atoms with Crippen molar-refractivity contribution in [1.29, 1.82) is 0 Å². The van der Waals surface area contributed by atoms with E-state index in [1.54, 1.807) is 11.8 Å². The molecule has 0 amide bonds. The Labute approximate surface area is 99.8 Å². The molecular weight excluding hydrogens is 224 g/mol. The molecule has 2 rings (SSSR count). The zero-order chi connectivity index (χ0) is 11.4. The number of aliphatic hydroxyl groups is 1. The second-order valence-electron chi connectivity index (χ2n) is 3.64. The van der Waals surface area contributed by atoms with Crippen molar-refractivity contribution in [1.82, 2.24) is 0 Å². The Hall–Kier alpha value is -0.870. The summed E-state index contributed by atoms with van der Waals surface area (Å²) in [6, 6.07) is 5.93. The highest BCUT2D eigenvalue weighted by Gasteiger charge is 2.13. The van der Waals surface area contributed by atoms with Crippen LogP contribution in [0, 0.1) is 0 Å². The lowest BCUT2D eigenvalue weighted by molar-refractivity contribution is 0.171. The van der Waals surface area contributed by atoms with Crippen molar-refractivity contribution >= 4 is 11.8 Å². The van der Waals surface area contributed by atoms with Gasteiger partial charge in [-0.1, -0.05) is 6.92 Å². The van der Waals surface area contributed by atoms with Gasteiger partial charge in [-0.25, -0.2) is 0 Å². The molecule has 1 heterocycles. The Kier molecular flexibility index (Phi) is 3.96. The van der Waals surface area contributed by atoms with Gasteiger partial charge in [-0.3, -0.25) is 0 Å². The van der Waals surface area contributed by atoms with Crippen LogP contribution in [0.5, 0.6) is 11.5 Å². The van der Waals surface area contributed by atoms with Gasteiger partial charge >= 0.3 is 0 Å². The summed E-state index contributed by atoms with van der Waals surface area (Å²) in [5, 5.41) is 9.40. The van der Waals surface area contributed by atoms with Crippen molar-refractivity contribution in [2.24, 2.45) is 0 Å². The average molecular weight is 240 g/mol. The number of ether oxygens (including phenoxy) is 2. The van der Waals surface area contributed by atoms with Gasteiger partial charge in [0.25, 0.3) is 0 Å². The van der Waals surface area contributed by atoms with Crippen LogP contribution in [0.3, 0.4) is 0 Å². The summed E-state index contributed by atoms with van der Waals surface area (Å²) in [4.78, 5) is 1.12. The van der Waals surface area contributed by atoms with Crippen LogP contribution < -0.4 is 9.47 Å². The highest BCUT2D eigenvalue weighted by Crippen LogP contribution is 2.35. The first-order valence-corrected chi connectivity index (χ1v) is 6.38. The second-order valence-corrected chi connectivity index (χ2v) is 5.01. The molecule has 1 aromatic rings. The molecule has 0 aromatic heterocycles. The molecule has 4 heteroatoms. The van der Waals surface area contributed by atoms with E-state index in [1.807, 2.05) is 18.2 Å². The minimum Gasteiger partial charge on any atom is -0.486 e. The van der Waals surface area contributed by atoms with Gasteiger partial charge in [0.2, 0.25) is 0 Å². The van der Waals surface area contributed by atoms with Crippen molar-refractivity contribution in [3.05, 3.63) is 18.2 Å². The normalized spacial score (nSPS) is 15.9. The van der Waals surface area contributed by atoms with Crippen LogP contribution in [0.4, 0.5) is 0 Å². The van der Waals surface area contributed by atoms with E-state index in [9.17, 15) is 0 Å². The van der Waals surface area contributed by atoms with Crippen LogP contribution >= 0.6 is 11.8 Å². The first-order valence-electron chi connectivity index (χ1n) is 5.50. The number of rotatable bonds is 4. The zero-order valence-corrected chi connectivity index (χ0v) is 10.1. The first-order chi connectivity index (χ1) is 7.83. The summed E-state index contributed by atoms with van der Waals surface area (Å²) in [6.45, 7) is 3.51. The number of benzene rings is 1. The molecule has 3 nitrogen and oxygen atoms in total. The predicted octanol–water partition coefficient (Wildman–Crippen LogP) is 2.32. The van der Waals surface area contributed by atoms with E-state index in [2.05, 4.69) is 6.92 Å². The molecule has 0 saturated carbocycles. The van der Waals surface area contributed by atoms with Gasteiger partial charge in [-0.2, -0.15) is 0 Å². The number of hydrogen-bond acceptors (Lipinski definition) is 4. The monoisotopic (exact) mass is 240 g/mol. The molecule has 0 saturated heterocycles. The summed E-state index contributed by atoms with van der Waals surface area (Å²) in [7, 11) is 0. The number of fused-ring (bicyclic) bond motifs is 1. The average Bonchev–Trinajstić information content (AvgIpc) is 2.35. The fraction of sp³-hybridized carbons (Fsp3) is 0.500. The van der Waals surface area contributed by atoms with Crippen LogP contribution in [0.15, 0.2) is 23.1 Å². The van der Waals surface area contributed by atoms with Crippen molar-refractivity contribution in [3.63, 3.8) is 0 Å². The van der Waals surface area contributed by atoms with Crippen LogP contribution in [0.25, 0.3) is 0 Å². The summed E-state index contributed by atoms with van der Waals surface area (Å²) in [5.41, 5.74) is 0. The van der Waals surface area contributed by atoms with Crippen LogP contribution in [0.1, 0.15) is 13.3 Å². The molecule has 1 N–H and O–H groups in total. The standard InChI is InChI=1S/C12H16O3S/c1-2-9(8-13)16-10-3-4-11-12(7-10)15-6-5-14-11/h3-4,7,9,13H,2,5-6,8H2,1H3. The largest absolute Gasteiger partial charge is 0.486 e. The molecule has 1 aliphatic rings. The van der Waals surface area contributed by atoms with E-state index in [1.165, 1.54) is 0 Å². The summed E-state index contributed by atoms with van der Waals surface area (Å²) < 4.78 is 11.0. The molecule has 0 aliphatic carbocycles. The molecule has 0 fully saturated rings. The third-order valence-corrected chi connectivity index (χ3v) is 3.82. The van der Waals surface area contributed by atoms with Gasteiger partial charge in [-0.15, -0.1) is 11.8 Å². The van der Waals surface area contributed by atoms with Gasteiger partial charge in [-0.05, 0) is 24.6 Å². The van der Waals surface area contributed by atoms with Crippen LogP contribution in [0.2, 0.25) is 0 Å². The molecule has 0 radical (unpaired) electrons. The minimum atomic E-state index is 0.204. The van der Waals surface area contributed by atoms with Crippen molar-refractivity contribution in [2.75, 3.05) is 19.8 Å². The van der Waals surface area contributed by atoms with E-state index >= 15 is 0 Å². The van der Waals surface area contributed by atoms with Gasteiger partial charge in [0.15, 0.2) is 11.5 Å². The van der Waals surface area contributed by atoms with Crippen LogP contribution in [-0.2, 0) is 0 Å². The molecule has 16 heavy (non-hydrogen) atoms. The maximum absolute atomic E-state index is 9.15. The molecule has 0 spiro atoms. The van der Waals surface area contributed by atoms with E-state index in [4.69, 9.17) is 14.6 Å².